The zero-order valence-corrected chi connectivity index (χ0v) is 10.1. The normalized spacial score (nSPS) is 36.0. The molecule has 90 valence electrons. The SMILES string of the molecule is CC(N)CC(C)(CN)OCC1CC1(C)N. The second-order valence-electron chi connectivity index (χ2n) is 5.55. The lowest BCUT2D eigenvalue weighted by atomic mass is 9.98. The van der Waals surface area contributed by atoms with Gasteiger partial charge in [-0.3, -0.25) is 0 Å². The molecular weight excluding hydrogens is 190 g/mol. The highest BCUT2D eigenvalue weighted by molar-refractivity contribution is 5.04. The molecule has 0 aromatic rings. The average Bonchev–Trinajstić information content (AvgIpc) is 2.70. The van der Waals surface area contributed by atoms with Crippen LogP contribution in [-0.2, 0) is 4.74 Å². The Morgan fingerprint density at radius 1 is 1.60 bits per heavy atom. The molecule has 0 aromatic heterocycles. The highest BCUT2D eigenvalue weighted by atomic mass is 16.5. The summed E-state index contributed by atoms with van der Waals surface area (Å²) in [6.45, 7) is 7.26. The molecule has 0 bridgehead atoms. The Bertz CT molecular complexity index is 218. The van der Waals surface area contributed by atoms with Gasteiger partial charge in [-0.25, -0.2) is 0 Å². The maximum Gasteiger partial charge on any atom is 0.0790 e. The van der Waals surface area contributed by atoms with Gasteiger partial charge in [0.15, 0.2) is 0 Å². The second kappa shape index (κ2) is 4.37. The lowest BCUT2D eigenvalue weighted by Crippen LogP contribution is -2.43. The van der Waals surface area contributed by atoms with Crippen molar-refractivity contribution in [2.75, 3.05) is 13.2 Å². The Morgan fingerprint density at radius 2 is 2.13 bits per heavy atom. The van der Waals surface area contributed by atoms with Crippen molar-refractivity contribution in [1.82, 2.24) is 0 Å². The van der Waals surface area contributed by atoms with Gasteiger partial charge in [-0.1, -0.05) is 0 Å². The van der Waals surface area contributed by atoms with Crippen molar-refractivity contribution in [3.05, 3.63) is 0 Å². The highest BCUT2D eigenvalue weighted by Crippen LogP contribution is 2.41. The molecule has 4 heteroatoms. The summed E-state index contributed by atoms with van der Waals surface area (Å²) in [4.78, 5) is 0. The van der Waals surface area contributed by atoms with E-state index in [0.717, 1.165) is 12.8 Å². The van der Waals surface area contributed by atoms with Gasteiger partial charge in [0.1, 0.15) is 0 Å². The molecule has 1 saturated carbocycles. The largest absolute Gasteiger partial charge is 0.374 e. The van der Waals surface area contributed by atoms with Crippen LogP contribution in [0.4, 0.5) is 0 Å². The van der Waals surface area contributed by atoms with Gasteiger partial charge in [0, 0.05) is 24.0 Å². The minimum absolute atomic E-state index is 0.0240. The smallest absolute Gasteiger partial charge is 0.0790 e. The van der Waals surface area contributed by atoms with Gasteiger partial charge in [-0.05, 0) is 33.6 Å². The first-order valence-electron chi connectivity index (χ1n) is 5.67. The monoisotopic (exact) mass is 215 g/mol. The molecule has 0 aliphatic heterocycles. The van der Waals surface area contributed by atoms with Gasteiger partial charge in [0.05, 0.1) is 12.2 Å². The summed E-state index contributed by atoms with van der Waals surface area (Å²) in [5.41, 5.74) is 17.1. The molecule has 0 spiro atoms. The van der Waals surface area contributed by atoms with Gasteiger partial charge < -0.3 is 21.9 Å². The van der Waals surface area contributed by atoms with Crippen LogP contribution in [0.3, 0.4) is 0 Å². The third-order valence-electron chi connectivity index (χ3n) is 3.28. The lowest BCUT2D eigenvalue weighted by molar-refractivity contribution is -0.0407. The second-order valence-corrected chi connectivity index (χ2v) is 5.55. The van der Waals surface area contributed by atoms with Crippen molar-refractivity contribution in [3.63, 3.8) is 0 Å². The van der Waals surface area contributed by atoms with Crippen LogP contribution in [0, 0.1) is 5.92 Å². The zero-order valence-electron chi connectivity index (χ0n) is 10.1. The molecule has 6 N–H and O–H groups in total. The molecular formula is C11H25N3O. The molecule has 1 aliphatic rings. The maximum absolute atomic E-state index is 5.95. The standard InChI is InChI=1S/C11H25N3O/c1-8(13)4-10(2,7-12)15-6-9-5-11(9,3)14/h8-9H,4-7,12-14H2,1-3H3. The van der Waals surface area contributed by atoms with E-state index >= 15 is 0 Å². The van der Waals surface area contributed by atoms with Crippen LogP contribution in [0.2, 0.25) is 0 Å². The number of hydrogen-bond donors (Lipinski definition) is 3. The summed E-state index contributed by atoms with van der Waals surface area (Å²) in [7, 11) is 0. The Labute approximate surface area is 92.5 Å². The van der Waals surface area contributed by atoms with Crippen molar-refractivity contribution >= 4 is 0 Å². The summed E-state index contributed by atoms with van der Waals surface area (Å²) in [6.07, 6.45) is 1.84. The van der Waals surface area contributed by atoms with Gasteiger partial charge in [0.25, 0.3) is 0 Å². The van der Waals surface area contributed by atoms with E-state index in [1.54, 1.807) is 0 Å². The van der Waals surface area contributed by atoms with Crippen molar-refractivity contribution in [2.24, 2.45) is 23.1 Å². The molecule has 0 radical (unpaired) electrons. The third-order valence-corrected chi connectivity index (χ3v) is 3.28. The zero-order chi connectivity index (χ0) is 11.7. The molecule has 15 heavy (non-hydrogen) atoms. The predicted octanol–water partition coefficient (Wildman–Crippen LogP) is 0.195. The molecule has 1 rings (SSSR count). The molecule has 0 aromatic carbocycles. The summed E-state index contributed by atoms with van der Waals surface area (Å²) >= 11 is 0. The van der Waals surface area contributed by atoms with Crippen LogP contribution in [-0.4, -0.2) is 30.3 Å². The fourth-order valence-corrected chi connectivity index (χ4v) is 1.91. The van der Waals surface area contributed by atoms with E-state index in [9.17, 15) is 0 Å². The molecule has 0 saturated heterocycles. The summed E-state index contributed by atoms with van der Waals surface area (Å²) in [6, 6.07) is 0.113. The predicted molar refractivity (Wildman–Crippen MR) is 62.4 cm³/mol. The summed E-state index contributed by atoms with van der Waals surface area (Å²) in [5.74, 6) is 0.483. The Morgan fingerprint density at radius 3 is 2.47 bits per heavy atom. The van der Waals surface area contributed by atoms with Crippen LogP contribution < -0.4 is 17.2 Å². The van der Waals surface area contributed by atoms with E-state index in [0.29, 0.717) is 19.1 Å². The van der Waals surface area contributed by atoms with Crippen LogP contribution in [0.5, 0.6) is 0 Å². The van der Waals surface area contributed by atoms with Crippen LogP contribution in [0.1, 0.15) is 33.6 Å². The molecule has 1 aliphatic carbocycles. The van der Waals surface area contributed by atoms with E-state index in [2.05, 4.69) is 6.92 Å². The molecule has 0 heterocycles. The number of nitrogens with two attached hydrogens (primary N) is 3. The fourth-order valence-electron chi connectivity index (χ4n) is 1.91. The summed E-state index contributed by atoms with van der Waals surface area (Å²) < 4.78 is 5.86. The van der Waals surface area contributed by atoms with Crippen LogP contribution >= 0.6 is 0 Å². The van der Waals surface area contributed by atoms with Crippen molar-refractivity contribution < 1.29 is 4.74 Å². The van der Waals surface area contributed by atoms with E-state index in [-0.39, 0.29) is 17.2 Å². The first-order valence-corrected chi connectivity index (χ1v) is 5.67. The van der Waals surface area contributed by atoms with Gasteiger partial charge in [-0.2, -0.15) is 0 Å². The van der Waals surface area contributed by atoms with Crippen LogP contribution in [0.15, 0.2) is 0 Å². The van der Waals surface area contributed by atoms with Gasteiger partial charge in [-0.15, -0.1) is 0 Å². The molecule has 0 amide bonds. The maximum atomic E-state index is 5.95. The number of rotatable bonds is 6. The van der Waals surface area contributed by atoms with Crippen molar-refractivity contribution in [3.8, 4) is 0 Å². The van der Waals surface area contributed by atoms with Crippen molar-refractivity contribution in [1.29, 1.82) is 0 Å². The Kier molecular flexibility index (Phi) is 3.76. The molecule has 1 fully saturated rings. The summed E-state index contributed by atoms with van der Waals surface area (Å²) in [5, 5.41) is 0. The van der Waals surface area contributed by atoms with Gasteiger partial charge >= 0.3 is 0 Å². The number of hydrogen-bond acceptors (Lipinski definition) is 4. The van der Waals surface area contributed by atoms with Crippen LogP contribution in [0.25, 0.3) is 0 Å². The van der Waals surface area contributed by atoms with Gasteiger partial charge in [0.2, 0.25) is 0 Å². The molecule has 4 unspecified atom stereocenters. The van der Waals surface area contributed by atoms with Crippen molar-refractivity contribution in [2.45, 2.75) is 50.8 Å². The van der Waals surface area contributed by atoms with E-state index < -0.39 is 0 Å². The average molecular weight is 215 g/mol. The Hall–Kier alpha value is -0.160. The first-order chi connectivity index (χ1) is 6.79. The third kappa shape index (κ3) is 3.72. The topological polar surface area (TPSA) is 87.3 Å². The van der Waals surface area contributed by atoms with E-state index in [1.165, 1.54) is 0 Å². The fraction of sp³-hybridized carbons (Fsp3) is 1.00. The first kappa shape index (κ1) is 12.9. The van der Waals surface area contributed by atoms with E-state index in [1.807, 2.05) is 13.8 Å². The Balaban J connectivity index is 2.33. The highest BCUT2D eigenvalue weighted by Gasteiger charge is 2.47. The minimum Gasteiger partial charge on any atom is -0.374 e. The van der Waals surface area contributed by atoms with E-state index in [4.69, 9.17) is 21.9 Å². The number of ether oxygens (including phenoxy) is 1. The lowest BCUT2D eigenvalue weighted by Gasteiger charge is -2.30. The molecule has 4 nitrogen and oxygen atoms in total. The quantitative estimate of drug-likeness (QED) is 0.590. The molecule has 4 atom stereocenters. The minimum atomic E-state index is -0.299.